The van der Waals surface area contributed by atoms with Crippen LogP contribution in [0.15, 0.2) is 34.8 Å². The van der Waals surface area contributed by atoms with E-state index in [0.29, 0.717) is 21.5 Å². The zero-order chi connectivity index (χ0) is 17.9. The fraction of sp³-hybridized carbons (Fsp3) is 0.188. The summed E-state index contributed by atoms with van der Waals surface area (Å²) in [6.07, 6.45) is 3.01. The van der Waals surface area contributed by atoms with Crippen molar-refractivity contribution in [2.75, 3.05) is 20.8 Å². The van der Waals surface area contributed by atoms with Gasteiger partial charge < -0.3 is 9.47 Å². The van der Waals surface area contributed by atoms with Crippen molar-refractivity contribution in [2.24, 2.45) is 0 Å². The number of ether oxygens (including phenoxy) is 2. The summed E-state index contributed by atoms with van der Waals surface area (Å²) in [5.74, 6) is -0.0276. The maximum Gasteiger partial charge on any atom is 0.265 e. The molecule has 126 valence electrons. The van der Waals surface area contributed by atoms with Gasteiger partial charge in [-0.3, -0.25) is 19.8 Å². The van der Waals surface area contributed by atoms with Gasteiger partial charge in [-0.25, -0.2) is 0 Å². The van der Waals surface area contributed by atoms with Gasteiger partial charge in [-0.2, -0.15) is 0 Å². The molecule has 1 N–H and O–H groups in total. The molecule has 1 saturated heterocycles. The summed E-state index contributed by atoms with van der Waals surface area (Å²) < 4.78 is 11.1. The maximum absolute atomic E-state index is 12.5. The second kappa shape index (κ2) is 7.59. The first-order valence-corrected chi connectivity index (χ1v) is 8.04. The Kier molecular flexibility index (Phi) is 5.74. The van der Waals surface area contributed by atoms with Crippen LogP contribution in [-0.4, -0.2) is 42.6 Å². The Bertz CT molecular complexity index is 761. The number of halogens is 1. The van der Waals surface area contributed by atoms with E-state index in [4.69, 9.17) is 21.7 Å². The molecule has 0 atom stereocenters. The number of carbonyl (C=O) groups is 2. The minimum atomic E-state index is -0.545. The fourth-order valence-corrected chi connectivity index (χ4v) is 3.05. The van der Waals surface area contributed by atoms with Crippen molar-refractivity contribution in [3.05, 3.63) is 40.4 Å². The monoisotopic (exact) mass is 410 g/mol. The number of carbonyl (C=O) groups excluding carboxylic acids is 2. The largest absolute Gasteiger partial charge is 0.493 e. The van der Waals surface area contributed by atoms with Crippen LogP contribution in [0.2, 0.25) is 0 Å². The highest BCUT2D eigenvalue weighted by atomic mass is 79.9. The van der Waals surface area contributed by atoms with Crippen LogP contribution in [-0.2, 0) is 9.59 Å². The fourth-order valence-electron chi connectivity index (χ4n) is 2.18. The van der Waals surface area contributed by atoms with E-state index in [2.05, 4.69) is 27.8 Å². The third-order valence-corrected chi connectivity index (χ3v) is 4.18. The highest BCUT2D eigenvalue weighted by molar-refractivity contribution is 9.10. The van der Waals surface area contributed by atoms with Gasteiger partial charge in [0.05, 0.1) is 18.7 Å². The van der Waals surface area contributed by atoms with Gasteiger partial charge in [0.25, 0.3) is 11.8 Å². The second-order valence-corrected chi connectivity index (χ2v) is 6.00. The van der Waals surface area contributed by atoms with Crippen LogP contribution in [0.5, 0.6) is 11.5 Å². The van der Waals surface area contributed by atoms with E-state index in [1.807, 2.05) is 0 Å². The van der Waals surface area contributed by atoms with Gasteiger partial charge >= 0.3 is 0 Å². The lowest BCUT2D eigenvalue weighted by Crippen LogP contribution is -2.53. The highest BCUT2D eigenvalue weighted by Crippen LogP contribution is 2.37. The Morgan fingerprint density at radius 3 is 2.62 bits per heavy atom. The maximum atomic E-state index is 12.5. The Labute approximate surface area is 153 Å². The van der Waals surface area contributed by atoms with Crippen LogP contribution in [0.3, 0.4) is 0 Å². The average Bonchev–Trinajstić information content (AvgIpc) is 2.54. The van der Waals surface area contributed by atoms with Crippen molar-refractivity contribution < 1.29 is 19.1 Å². The van der Waals surface area contributed by atoms with Crippen molar-refractivity contribution in [1.82, 2.24) is 10.2 Å². The average molecular weight is 411 g/mol. The minimum Gasteiger partial charge on any atom is -0.493 e. The zero-order valence-electron chi connectivity index (χ0n) is 13.1. The first kappa shape index (κ1) is 18.2. The number of nitrogens with zero attached hydrogens (tertiary/aromatic N) is 1. The molecule has 0 unspecified atom stereocenters. The van der Waals surface area contributed by atoms with Gasteiger partial charge in [0.2, 0.25) is 0 Å². The molecule has 2 amide bonds. The predicted octanol–water partition coefficient (Wildman–Crippen LogP) is 2.28. The molecule has 1 aromatic rings. The van der Waals surface area contributed by atoms with Crippen molar-refractivity contribution in [3.8, 4) is 11.5 Å². The van der Waals surface area contributed by atoms with Crippen LogP contribution >= 0.6 is 28.1 Å². The van der Waals surface area contributed by atoms with E-state index in [1.165, 1.54) is 31.3 Å². The summed E-state index contributed by atoms with van der Waals surface area (Å²) in [5.41, 5.74) is 0.578. The molecule has 0 spiro atoms. The van der Waals surface area contributed by atoms with Crippen molar-refractivity contribution in [2.45, 2.75) is 0 Å². The molecule has 1 aromatic carbocycles. The van der Waals surface area contributed by atoms with Crippen LogP contribution in [0, 0.1) is 0 Å². The van der Waals surface area contributed by atoms with Crippen molar-refractivity contribution in [3.63, 3.8) is 0 Å². The van der Waals surface area contributed by atoms with E-state index >= 15 is 0 Å². The molecule has 1 heterocycles. The predicted molar refractivity (Wildman–Crippen MR) is 97.9 cm³/mol. The van der Waals surface area contributed by atoms with E-state index in [0.717, 1.165) is 0 Å². The molecule has 1 aliphatic heterocycles. The topological polar surface area (TPSA) is 67.9 Å². The van der Waals surface area contributed by atoms with Crippen LogP contribution in [0.1, 0.15) is 5.56 Å². The Hall–Kier alpha value is -2.19. The lowest BCUT2D eigenvalue weighted by molar-refractivity contribution is -0.128. The van der Waals surface area contributed by atoms with Gasteiger partial charge in [-0.05, 0) is 51.9 Å². The summed E-state index contributed by atoms with van der Waals surface area (Å²) in [6, 6.07) is 3.39. The molecule has 1 fully saturated rings. The van der Waals surface area contributed by atoms with Gasteiger partial charge in [0, 0.05) is 6.54 Å². The SMILES string of the molecule is C=CCN1C(=O)C(=Cc2cc(Br)c(OC)c(OC)c2)C(=O)NC1=S. The summed E-state index contributed by atoms with van der Waals surface area (Å²) in [5, 5.41) is 2.56. The van der Waals surface area contributed by atoms with E-state index < -0.39 is 11.8 Å². The third-order valence-electron chi connectivity index (χ3n) is 3.26. The number of benzene rings is 1. The van der Waals surface area contributed by atoms with E-state index in [-0.39, 0.29) is 17.2 Å². The quantitative estimate of drug-likeness (QED) is 0.349. The Morgan fingerprint density at radius 1 is 1.33 bits per heavy atom. The molecule has 0 saturated carbocycles. The van der Waals surface area contributed by atoms with Crippen molar-refractivity contribution >= 4 is 51.2 Å². The number of methoxy groups -OCH3 is 2. The Morgan fingerprint density at radius 2 is 2.04 bits per heavy atom. The van der Waals surface area contributed by atoms with E-state index in [1.54, 1.807) is 12.1 Å². The lowest BCUT2D eigenvalue weighted by Gasteiger charge is -2.27. The van der Waals surface area contributed by atoms with Crippen LogP contribution < -0.4 is 14.8 Å². The van der Waals surface area contributed by atoms with Crippen LogP contribution in [0.4, 0.5) is 0 Å². The zero-order valence-corrected chi connectivity index (χ0v) is 15.5. The molecule has 1 aliphatic rings. The smallest absolute Gasteiger partial charge is 0.265 e. The number of hydrogen-bond acceptors (Lipinski definition) is 5. The summed E-state index contributed by atoms with van der Waals surface area (Å²) in [4.78, 5) is 25.9. The normalized spacial score (nSPS) is 16.2. The first-order valence-electron chi connectivity index (χ1n) is 6.84. The molecular formula is C16H15BrN2O4S. The number of hydrogen-bond donors (Lipinski definition) is 1. The van der Waals surface area contributed by atoms with Gasteiger partial charge in [0.1, 0.15) is 5.57 Å². The second-order valence-electron chi connectivity index (χ2n) is 4.76. The number of amides is 2. The molecule has 2 rings (SSSR count). The van der Waals surface area contributed by atoms with Crippen molar-refractivity contribution in [1.29, 1.82) is 0 Å². The third kappa shape index (κ3) is 3.49. The number of rotatable bonds is 5. The highest BCUT2D eigenvalue weighted by Gasteiger charge is 2.32. The van der Waals surface area contributed by atoms with Gasteiger partial charge in [-0.1, -0.05) is 6.08 Å². The van der Waals surface area contributed by atoms with E-state index in [9.17, 15) is 9.59 Å². The van der Waals surface area contributed by atoms with Gasteiger partial charge in [-0.15, -0.1) is 6.58 Å². The lowest BCUT2D eigenvalue weighted by atomic mass is 10.1. The molecule has 6 nitrogen and oxygen atoms in total. The first-order chi connectivity index (χ1) is 11.4. The molecule has 0 bridgehead atoms. The molecule has 24 heavy (non-hydrogen) atoms. The molecule has 0 aromatic heterocycles. The summed E-state index contributed by atoms with van der Waals surface area (Å²) in [6.45, 7) is 3.80. The van der Waals surface area contributed by atoms with Gasteiger partial charge in [0.15, 0.2) is 16.6 Å². The van der Waals surface area contributed by atoms with Crippen LogP contribution in [0.25, 0.3) is 6.08 Å². The Balaban J connectivity index is 2.47. The molecule has 0 aliphatic carbocycles. The number of nitrogens with one attached hydrogen (secondary N) is 1. The molecule has 0 radical (unpaired) electrons. The summed E-state index contributed by atoms with van der Waals surface area (Å²) in [7, 11) is 3.02. The molecular weight excluding hydrogens is 396 g/mol. The summed E-state index contributed by atoms with van der Waals surface area (Å²) >= 11 is 8.39. The number of thiocarbonyl (C=S) groups is 1. The minimum absolute atomic E-state index is 0.0235. The standard InChI is InChI=1S/C16H15BrN2O4S/c1-4-5-19-15(21)10(14(20)18-16(19)24)6-9-7-11(17)13(23-3)12(8-9)22-2/h4,6-8H,1,5H2,2-3H3,(H,18,20,24). The molecule has 8 heteroatoms.